The highest BCUT2D eigenvalue weighted by Gasteiger charge is 2.38. The van der Waals surface area contributed by atoms with E-state index in [1.54, 1.807) is 53.7 Å². The van der Waals surface area contributed by atoms with Gasteiger partial charge >= 0.3 is 12.1 Å². The Morgan fingerprint density at radius 1 is 0.889 bits per heavy atom. The summed E-state index contributed by atoms with van der Waals surface area (Å²) in [6.07, 6.45) is 7.47. The SMILES string of the molecule is C#CN(C(=O)C(CCSC)NC(=O)OC(C)(C)C)C(C(=O)NC(Cc1ccccc1)C(=O)OC(C)(C)C)c1cccc(C)c1C. The van der Waals surface area contributed by atoms with Crippen LogP contribution in [-0.2, 0) is 30.3 Å². The molecule has 2 aromatic carbocycles. The fourth-order valence-electron chi connectivity index (χ4n) is 4.51. The van der Waals surface area contributed by atoms with Crippen molar-refractivity contribution >= 4 is 35.6 Å². The van der Waals surface area contributed by atoms with Crippen molar-refractivity contribution in [2.24, 2.45) is 0 Å². The maximum absolute atomic E-state index is 14.3. The Balaban J connectivity index is 2.58. The number of nitrogens with one attached hydrogen (secondary N) is 2. The van der Waals surface area contributed by atoms with Crippen molar-refractivity contribution in [3.05, 3.63) is 70.8 Å². The summed E-state index contributed by atoms with van der Waals surface area (Å²) in [5.74, 6) is -1.41. The molecule has 0 radical (unpaired) electrons. The van der Waals surface area contributed by atoms with E-state index in [9.17, 15) is 19.2 Å². The van der Waals surface area contributed by atoms with Crippen molar-refractivity contribution < 1.29 is 28.7 Å². The largest absolute Gasteiger partial charge is 0.458 e. The fourth-order valence-corrected chi connectivity index (χ4v) is 4.98. The van der Waals surface area contributed by atoms with Gasteiger partial charge in [-0.15, -0.1) is 0 Å². The van der Waals surface area contributed by atoms with Crippen molar-refractivity contribution in [1.29, 1.82) is 0 Å². The maximum atomic E-state index is 14.3. The number of hydrogen-bond acceptors (Lipinski definition) is 7. The first kappa shape index (κ1) is 37.2. The molecule has 45 heavy (non-hydrogen) atoms. The van der Waals surface area contributed by atoms with Gasteiger partial charge in [0.1, 0.15) is 29.3 Å². The van der Waals surface area contributed by atoms with E-state index >= 15 is 0 Å². The molecule has 0 aliphatic heterocycles. The van der Waals surface area contributed by atoms with Crippen LogP contribution in [0.3, 0.4) is 0 Å². The zero-order valence-electron chi connectivity index (χ0n) is 27.9. The molecule has 3 atom stereocenters. The molecular formula is C35H47N3O6S. The van der Waals surface area contributed by atoms with Gasteiger partial charge in [-0.25, -0.2) is 9.59 Å². The number of thioether (sulfide) groups is 1. The third-order valence-corrected chi connectivity index (χ3v) is 7.36. The number of carbonyl (C=O) groups is 4. The van der Waals surface area contributed by atoms with Gasteiger partial charge in [-0.05, 0) is 96.1 Å². The molecule has 2 N–H and O–H groups in total. The highest BCUT2D eigenvalue weighted by Crippen LogP contribution is 2.28. The van der Waals surface area contributed by atoms with E-state index in [0.717, 1.165) is 21.6 Å². The lowest BCUT2D eigenvalue weighted by atomic mass is 9.94. The van der Waals surface area contributed by atoms with Crippen LogP contribution in [0.2, 0.25) is 0 Å². The Kier molecular flexibility index (Phi) is 13.5. The van der Waals surface area contributed by atoms with E-state index in [1.165, 1.54) is 11.8 Å². The number of hydrogen-bond donors (Lipinski definition) is 2. The summed E-state index contributed by atoms with van der Waals surface area (Å²) in [5, 5.41) is 5.48. The quantitative estimate of drug-likeness (QED) is 0.180. The van der Waals surface area contributed by atoms with Crippen LogP contribution in [0.5, 0.6) is 0 Å². The van der Waals surface area contributed by atoms with Crippen LogP contribution >= 0.6 is 11.8 Å². The molecule has 0 saturated carbocycles. The van der Waals surface area contributed by atoms with Gasteiger partial charge < -0.3 is 20.1 Å². The molecule has 9 nitrogen and oxygen atoms in total. The number of carbonyl (C=O) groups excluding carboxylic acids is 4. The molecule has 0 spiro atoms. The van der Waals surface area contributed by atoms with Crippen LogP contribution in [0.25, 0.3) is 0 Å². The molecule has 2 rings (SSSR count). The zero-order chi connectivity index (χ0) is 33.9. The molecule has 0 aliphatic rings. The first-order chi connectivity index (χ1) is 21.0. The average molecular weight is 638 g/mol. The number of nitrogens with zero attached hydrogens (tertiary/aromatic N) is 1. The molecule has 2 aromatic rings. The van der Waals surface area contributed by atoms with E-state index < -0.39 is 53.2 Å². The van der Waals surface area contributed by atoms with E-state index in [1.807, 2.05) is 56.5 Å². The summed E-state index contributed by atoms with van der Waals surface area (Å²) in [5.41, 5.74) is 1.33. The third-order valence-electron chi connectivity index (χ3n) is 6.71. The summed E-state index contributed by atoms with van der Waals surface area (Å²) in [6, 6.07) is 13.6. The van der Waals surface area contributed by atoms with Crippen molar-refractivity contribution in [3.63, 3.8) is 0 Å². The second kappa shape index (κ2) is 16.4. The van der Waals surface area contributed by atoms with Crippen LogP contribution in [0.4, 0.5) is 4.79 Å². The molecule has 244 valence electrons. The second-order valence-corrected chi connectivity index (χ2v) is 13.8. The first-order valence-corrected chi connectivity index (χ1v) is 16.3. The summed E-state index contributed by atoms with van der Waals surface area (Å²) in [6.45, 7) is 14.1. The predicted octanol–water partition coefficient (Wildman–Crippen LogP) is 5.48. The highest BCUT2D eigenvalue weighted by atomic mass is 32.2. The summed E-state index contributed by atoms with van der Waals surface area (Å²) >= 11 is 1.49. The van der Waals surface area contributed by atoms with Crippen LogP contribution in [0, 0.1) is 26.3 Å². The fraction of sp³-hybridized carbons (Fsp3) is 0.486. The highest BCUT2D eigenvalue weighted by molar-refractivity contribution is 7.98. The van der Waals surface area contributed by atoms with Gasteiger partial charge in [-0.1, -0.05) is 55.0 Å². The summed E-state index contributed by atoms with van der Waals surface area (Å²) in [7, 11) is 0. The average Bonchev–Trinajstić information content (AvgIpc) is 2.93. The van der Waals surface area contributed by atoms with Crippen LogP contribution in [0.15, 0.2) is 48.5 Å². The van der Waals surface area contributed by atoms with Crippen molar-refractivity contribution in [2.45, 2.75) is 97.6 Å². The third kappa shape index (κ3) is 11.8. The topological polar surface area (TPSA) is 114 Å². The Morgan fingerprint density at radius 3 is 2.07 bits per heavy atom. The lowest BCUT2D eigenvalue weighted by Crippen LogP contribution is -2.54. The number of aryl methyl sites for hydroxylation is 1. The Labute approximate surface area is 272 Å². The number of ether oxygens (including phenoxy) is 2. The molecule has 0 heterocycles. The molecule has 10 heteroatoms. The van der Waals surface area contributed by atoms with Crippen molar-refractivity contribution in [2.75, 3.05) is 12.0 Å². The molecule has 3 unspecified atom stereocenters. The summed E-state index contributed by atoms with van der Waals surface area (Å²) in [4.78, 5) is 55.6. The van der Waals surface area contributed by atoms with Crippen LogP contribution < -0.4 is 10.6 Å². The first-order valence-electron chi connectivity index (χ1n) is 14.9. The normalized spacial score (nSPS) is 13.4. The molecular weight excluding hydrogens is 590 g/mol. The minimum Gasteiger partial charge on any atom is -0.458 e. The molecule has 0 aliphatic carbocycles. The standard InChI is InChI=1S/C35H47N3O6S/c1-11-38(31(40)27(20-21-45-10)37-33(42)44-35(7,8)9)29(26-19-15-16-23(2)24(26)3)30(39)36-28(32(41)43-34(4,5)6)22-25-17-13-12-14-18-25/h1,12-19,27-29H,20-22H2,2-10H3,(H,36,39)(H,37,42). The number of esters is 1. The molecule has 0 aromatic heterocycles. The maximum Gasteiger partial charge on any atom is 0.408 e. The van der Waals surface area contributed by atoms with Gasteiger partial charge in [-0.2, -0.15) is 11.8 Å². The molecule has 0 bridgehead atoms. The van der Waals surface area contributed by atoms with Crippen LogP contribution in [0.1, 0.15) is 76.3 Å². The Bertz CT molecular complexity index is 1370. The number of terminal acetylenes is 1. The number of benzene rings is 2. The zero-order valence-corrected chi connectivity index (χ0v) is 28.7. The predicted molar refractivity (Wildman–Crippen MR) is 178 cm³/mol. The minimum absolute atomic E-state index is 0.154. The molecule has 0 saturated heterocycles. The lowest BCUT2D eigenvalue weighted by Gasteiger charge is -2.32. The van der Waals surface area contributed by atoms with Gasteiger partial charge in [0.25, 0.3) is 5.91 Å². The molecule has 3 amide bonds. The molecule has 0 fully saturated rings. The minimum atomic E-state index is -1.32. The van der Waals surface area contributed by atoms with Gasteiger partial charge in [0.15, 0.2) is 0 Å². The number of rotatable bonds is 12. The Hall–Kier alpha value is -3.97. The van der Waals surface area contributed by atoms with E-state index in [4.69, 9.17) is 15.9 Å². The summed E-state index contributed by atoms with van der Waals surface area (Å²) < 4.78 is 11.1. The lowest BCUT2D eigenvalue weighted by molar-refractivity contribution is -0.159. The Morgan fingerprint density at radius 2 is 1.51 bits per heavy atom. The van der Waals surface area contributed by atoms with Crippen molar-refractivity contribution in [3.8, 4) is 12.5 Å². The van der Waals surface area contributed by atoms with Crippen molar-refractivity contribution in [1.82, 2.24) is 15.5 Å². The second-order valence-electron chi connectivity index (χ2n) is 12.8. The van der Waals surface area contributed by atoms with Gasteiger partial charge in [-0.3, -0.25) is 14.5 Å². The smallest absolute Gasteiger partial charge is 0.408 e. The monoisotopic (exact) mass is 637 g/mol. The van der Waals surface area contributed by atoms with Gasteiger partial charge in [0.05, 0.1) is 0 Å². The number of amides is 3. The van der Waals surface area contributed by atoms with E-state index in [-0.39, 0.29) is 12.8 Å². The van der Waals surface area contributed by atoms with Gasteiger partial charge in [0.2, 0.25) is 5.91 Å². The van der Waals surface area contributed by atoms with E-state index in [2.05, 4.69) is 16.7 Å². The van der Waals surface area contributed by atoms with Gasteiger partial charge in [0, 0.05) is 12.5 Å². The van der Waals surface area contributed by atoms with E-state index in [0.29, 0.717) is 11.3 Å². The van der Waals surface area contributed by atoms with Crippen LogP contribution in [-0.4, -0.2) is 64.1 Å². The number of alkyl carbamates (subject to hydrolysis) is 1.